The monoisotopic (exact) mass is 372 g/mol. The number of carbonyl (C=O) groups is 3. The Morgan fingerprint density at radius 2 is 1.93 bits per heavy atom. The van der Waals surface area contributed by atoms with Gasteiger partial charge in [-0.1, -0.05) is 12.1 Å². The summed E-state index contributed by atoms with van der Waals surface area (Å²) < 4.78 is 0. The highest BCUT2D eigenvalue weighted by molar-refractivity contribution is 5.89. The van der Waals surface area contributed by atoms with E-state index in [0.29, 0.717) is 25.3 Å². The first-order valence-electron chi connectivity index (χ1n) is 9.68. The number of nitrogens with zero attached hydrogens (tertiary/aromatic N) is 2. The molecule has 1 unspecified atom stereocenters. The second-order valence-corrected chi connectivity index (χ2v) is 7.37. The molecule has 2 aliphatic heterocycles. The molecule has 3 rings (SSSR count). The van der Waals surface area contributed by atoms with Gasteiger partial charge in [-0.05, 0) is 42.9 Å². The maximum atomic E-state index is 12.6. The molecule has 1 aromatic carbocycles. The summed E-state index contributed by atoms with van der Waals surface area (Å²) in [6, 6.07) is 7.23. The standard InChI is InChI=1S/C20H28N4O3/c1-21-18(25)12-15-6-8-17(9-7-15)22-20(27)24-11-2-4-16(14-24)13-23-10-3-5-19(23)26/h6-9,16H,2-5,10-14H2,1H3,(H,21,25)(H,22,27). The van der Waals surface area contributed by atoms with Crippen LogP contribution in [0.25, 0.3) is 0 Å². The predicted molar refractivity (Wildman–Crippen MR) is 103 cm³/mol. The molecular weight excluding hydrogens is 344 g/mol. The van der Waals surface area contributed by atoms with Crippen molar-refractivity contribution in [2.24, 2.45) is 5.92 Å². The number of carbonyl (C=O) groups excluding carboxylic acids is 3. The molecular formula is C20H28N4O3. The average molecular weight is 372 g/mol. The summed E-state index contributed by atoms with van der Waals surface area (Å²) in [5, 5.41) is 5.53. The van der Waals surface area contributed by atoms with Gasteiger partial charge in [0.25, 0.3) is 0 Å². The maximum Gasteiger partial charge on any atom is 0.321 e. The SMILES string of the molecule is CNC(=O)Cc1ccc(NC(=O)N2CCCC(CN3CCCC3=O)C2)cc1. The van der Waals surface area contributed by atoms with E-state index in [1.54, 1.807) is 7.05 Å². The van der Waals surface area contributed by atoms with E-state index in [0.717, 1.165) is 50.1 Å². The van der Waals surface area contributed by atoms with Gasteiger partial charge >= 0.3 is 6.03 Å². The third kappa shape index (κ3) is 5.21. The van der Waals surface area contributed by atoms with Crippen LogP contribution >= 0.6 is 0 Å². The highest BCUT2D eigenvalue weighted by atomic mass is 16.2. The largest absolute Gasteiger partial charge is 0.359 e. The maximum absolute atomic E-state index is 12.6. The van der Waals surface area contributed by atoms with Crippen LogP contribution in [0.1, 0.15) is 31.2 Å². The molecule has 2 aliphatic rings. The lowest BCUT2D eigenvalue weighted by molar-refractivity contribution is -0.128. The molecule has 4 amide bonds. The third-order valence-electron chi connectivity index (χ3n) is 5.30. The predicted octanol–water partition coefficient (Wildman–Crippen LogP) is 1.84. The molecule has 1 atom stereocenters. The zero-order chi connectivity index (χ0) is 19.2. The number of anilines is 1. The second-order valence-electron chi connectivity index (χ2n) is 7.37. The summed E-state index contributed by atoms with van der Waals surface area (Å²) in [4.78, 5) is 39.6. The minimum absolute atomic E-state index is 0.0392. The van der Waals surface area contributed by atoms with Crippen LogP contribution < -0.4 is 10.6 Å². The molecule has 0 bridgehead atoms. The number of likely N-dealkylation sites (N-methyl/N-ethyl adjacent to an activating group) is 1. The molecule has 7 nitrogen and oxygen atoms in total. The number of urea groups is 1. The Bertz CT molecular complexity index is 689. The first kappa shape index (κ1) is 19.2. The quantitative estimate of drug-likeness (QED) is 0.827. The van der Waals surface area contributed by atoms with Crippen LogP contribution in [0, 0.1) is 5.92 Å². The Kier molecular flexibility index (Phi) is 6.32. The van der Waals surface area contributed by atoms with E-state index in [1.165, 1.54) is 0 Å². The number of hydrogen-bond acceptors (Lipinski definition) is 3. The topological polar surface area (TPSA) is 81.8 Å². The van der Waals surface area contributed by atoms with E-state index in [-0.39, 0.29) is 17.8 Å². The lowest BCUT2D eigenvalue weighted by Crippen LogP contribution is -2.45. The fourth-order valence-corrected chi connectivity index (χ4v) is 3.79. The Hall–Kier alpha value is -2.57. The fraction of sp³-hybridized carbons (Fsp3) is 0.550. The molecule has 146 valence electrons. The van der Waals surface area contributed by atoms with Crippen molar-refractivity contribution in [1.29, 1.82) is 0 Å². The van der Waals surface area contributed by atoms with Crippen LogP contribution in [0.2, 0.25) is 0 Å². The molecule has 0 saturated carbocycles. The molecule has 0 aromatic heterocycles. The van der Waals surface area contributed by atoms with E-state index in [1.807, 2.05) is 34.1 Å². The number of rotatable bonds is 5. The summed E-state index contributed by atoms with van der Waals surface area (Å²) in [6.45, 7) is 3.04. The van der Waals surface area contributed by atoms with Gasteiger partial charge in [0.15, 0.2) is 0 Å². The average Bonchev–Trinajstić information content (AvgIpc) is 3.08. The van der Waals surface area contributed by atoms with Crippen LogP contribution in [0.3, 0.4) is 0 Å². The lowest BCUT2D eigenvalue weighted by Gasteiger charge is -2.34. The van der Waals surface area contributed by atoms with Crippen molar-refractivity contribution in [3.05, 3.63) is 29.8 Å². The summed E-state index contributed by atoms with van der Waals surface area (Å²) in [5.41, 5.74) is 1.62. The molecule has 2 fully saturated rings. The number of piperidine rings is 1. The van der Waals surface area contributed by atoms with Crippen molar-refractivity contribution in [2.75, 3.05) is 38.5 Å². The van der Waals surface area contributed by atoms with Crippen LogP contribution in [-0.2, 0) is 16.0 Å². The minimum atomic E-state index is -0.105. The Labute approximate surface area is 160 Å². The number of nitrogens with one attached hydrogen (secondary N) is 2. The smallest absolute Gasteiger partial charge is 0.321 e. The molecule has 1 aromatic rings. The fourth-order valence-electron chi connectivity index (χ4n) is 3.79. The van der Waals surface area contributed by atoms with Crippen LogP contribution in [-0.4, -0.2) is 60.9 Å². The summed E-state index contributed by atoms with van der Waals surface area (Å²) in [6.07, 6.45) is 3.96. The van der Waals surface area contributed by atoms with Gasteiger partial charge in [0, 0.05) is 45.3 Å². The molecule has 27 heavy (non-hydrogen) atoms. The summed E-state index contributed by atoms with van der Waals surface area (Å²) in [5.74, 6) is 0.553. The normalized spacial score (nSPS) is 19.9. The van der Waals surface area contributed by atoms with Crippen molar-refractivity contribution in [3.8, 4) is 0 Å². The van der Waals surface area contributed by atoms with E-state index in [4.69, 9.17) is 0 Å². The molecule has 0 radical (unpaired) electrons. The van der Waals surface area contributed by atoms with Gasteiger partial charge in [0.2, 0.25) is 11.8 Å². The summed E-state index contributed by atoms with van der Waals surface area (Å²) >= 11 is 0. The van der Waals surface area contributed by atoms with Crippen molar-refractivity contribution < 1.29 is 14.4 Å². The van der Waals surface area contributed by atoms with Crippen molar-refractivity contribution >= 4 is 23.5 Å². The van der Waals surface area contributed by atoms with E-state index >= 15 is 0 Å². The molecule has 2 N–H and O–H groups in total. The number of likely N-dealkylation sites (tertiary alicyclic amines) is 2. The first-order valence-corrected chi connectivity index (χ1v) is 9.68. The molecule has 0 aliphatic carbocycles. The van der Waals surface area contributed by atoms with Gasteiger partial charge in [-0.2, -0.15) is 0 Å². The molecule has 2 saturated heterocycles. The second kappa shape index (κ2) is 8.88. The van der Waals surface area contributed by atoms with E-state index < -0.39 is 0 Å². The highest BCUT2D eigenvalue weighted by Crippen LogP contribution is 2.21. The zero-order valence-corrected chi connectivity index (χ0v) is 15.9. The lowest BCUT2D eigenvalue weighted by atomic mass is 9.97. The van der Waals surface area contributed by atoms with E-state index in [2.05, 4.69) is 10.6 Å². The van der Waals surface area contributed by atoms with Crippen molar-refractivity contribution in [2.45, 2.75) is 32.1 Å². The van der Waals surface area contributed by atoms with Crippen LogP contribution in [0.4, 0.5) is 10.5 Å². The highest BCUT2D eigenvalue weighted by Gasteiger charge is 2.28. The number of amides is 4. The van der Waals surface area contributed by atoms with Crippen LogP contribution in [0.15, 0.2) is 24.3 Å². The molecule has 2 heterocycles. The van der Waals surface area contributed by atoms with Gasteiger partial charge in [0.05, 0.1) is 6.42 Å². The van der Waals surface area contributed by atoms with Gasteiger partial charge in [0.1, 0.15) is 0 Å². The van der Waals surface area contributed by atoms with Gasteiger partial charge in [-0.3, -0.25) is 9.59 Å². The Balaban J connectivity index is 1.51. The minimum Gasteiger partial charge on any atom is -0.359 e. The zero-order valence-electron chi connectivity index (χ0n) is 15.9. The van der Waals surface area contributed by atoms with Gasteiger partial charge in [-0.25, -0.2) is 4.79 Å². The molecule has 7 heteroatoms. The third-order valence-corrected chi connectivity index (χ3v) is 5.30. The number of benzene rings is 1. The van der Waals surface area contributed by atoms with Gasteiger partial charge in [-0.15, -0.1) is 0 Å². The van der Waals surface area contributed by atoms with E-state index in [9.17, 15) is 14.4 Å². The molecule has 0 spiro atoms. The summed E-state index contributed by atoms with van der Waals surface area (Å²) in [7, 11) is 1.61. The van der Waals surface area contributed by atoms with Crippen LogP contribution in [0.5, 0.6) is 0 Å². The van der Waals surface area contributed by atoms with Crippen molar-refractivity contribution in [3.63, 3.8) is 0 Å². The Morgan fingerprint density at radius 3 is 2.59 bits per heavy atom. The first-order chi connectivity index (χ1) is 13.0. The Morgan fingerprint density at radius 1 is 1.15 bits per heavy atom. The van der Waals surface area contributed by atoms with Crippen molar-refractivity contribution in [1.82, 2.24) is 15.1 Å². The van der Waals surface area contributed by atoms with Gasteiger partial charge < -0.3 is 20.4 Å². The number of hydrogen-bond donors (Lipinski definition) is 2.